The van der Waals surface area contributed by atoms with E-state index < -0.39 is 16.4 Å². The summed E-state index contributed by atoms with van der Waals surface area (Å²) < 4.78 is 0. The number of nitro groups is 1. The van der Waals surface area contributed by atoms with E-state index in [1.807, 2.05) is 6.92 Å². The molecule has 0 heterocycles. The number of rotatable bonds is 5. The second-order valence-corrected chi connectivity index (χ2v) is 5.07. The number of nitrogens with zero attached hydrogens (tertiary/aromatic N) is 2. The van der Waals surface area contributed by atoms with E-state index in [1.165, 1.54) is 24.6 Å². The van der Waals surface area contributed by atoms with Crippen molar-refractivity contribution in [3.05, 3.63) is 33.9 Å². The highest BCUT2D eigenvalue weighted by atomic mass is 16.6. The number of amides is 1. The Kier molecular flexibility index (Phi) is 4.22. The Bertz CT molecular complexity index is 526. The molecule has 1 aromatic rings. The zero-order chi connectivity index (χ0) is 14.7. The minimum absolute atomic E-state index is 0.000346. The van der Waals surface area contributed by atoms with Crippen LogP contribution in [0.15, 0.2) is 18.2 Å². The van der Waals surface area contributed by atoms with Gasteiger partial charge in [0.15, 0.2) is 0 Å². The third-order valence-corrected chi connectivity index (χ3v) is 3.81. The van der Waals surface area contributed by atoms with Crippen LogP contribution in [0.5, 0.6) is 5.75 Å². The quantitative estimate of drug-likeness (QED) is 0.662. The van der Waals surface area contributed by atoms with Gasteiger partial charge in [0.25, 0.3) is 5.91 Å². The number of carbonyl (C=O) groups is 1. The van der Waals surface area contributed by atoms with Gasteiger partial charge >= 0.3 is 5.69 Å². The fraction of sp³-hybridized carbons (Fsp3) is 0.500. The maximum absolute atomic E-state index is 12.4. The number of para-hydroxylation sites is 1. The van der Waals surface area contributed by atoms with E-state index in [4.69, 9.17) is 0 Å². The van der Waals surface area contributed by atoms with E-state index in [0.717, 1.165) is 12.8 Å². The normalized spacial score (nSPS) is 14.7. The molecular weight excluding hydrogens is 260 g/mol. The van der Waals surface area contributed by atoms with Gasteiger partial charge in [0, 0.05) is 19.2 Å². The number of nitro benzene ring substituents is 1. The van der Waals surface area contributed by atoms with E-state index in [0.29, 0.717) is 19.0 Å². The minimum atomic E-state index is -0.686. The fourth-order valence-corrected chi connectivity index (χ4v) is 2.36. The van der Waals surface area contributed by atoms with Gasteiger partial charge in [-0.15, -0.1) is 0 Å². The Balaban J connectivity index is 2.22. The molecule has 2 rings (SSSR count). The summed E-state index contributed by atoms with van der Waals surface area (Å²) in [5.74, 6) is -0.380. The SMILES string of the molecule is CCN(CC1CCC1)C(=O)c1cccc([N+](=O)[O-])c1O. The van der Waals surface area contributed by atoms with Crippen LogP contribution in [0.25, 0.3) is 0 Å². The predicted octanol–water partition coefficient (Wildman–Crippen LogP) is 2.56. The summed E-state index contributed by atoms with van der Waals surface area (Å²) in [7, 11) is 0. The minimum Gasteiger partial charge on any atom is -0.502 e. The molecule has 0 aromatic heterocycles. The lowest BCUT2D eigenvalue weighted by molar-refractivity contribution is -0.385. The molecular formula is C14H18N2O4. The number of benzene rings is 1. The zero-order valence-electron chi connectivity index (χ0n) is 11.4. The summed E-state index contributed by atoms with van der Waals surface area (Å²) in [6.07, 6.45) is 3.42. The van der Waals surface area contributed by atoms with Crippen LogP contribution < -0.4 is 0 Å². The molecule has 1 N–H and O–H groups in total. The van der Waals surface area contributed by atoms with Crippen LogP contribution in [0.2, 0.25) is 0 Å². The molecule has 0 bridgehead atoms. The van der Waals surface area contributed by atoms with Crippen LogP contribution >= 0.6 is 0 Å². The second kappa shape index (κ2) is 5.90. The van der Waals surface area contributed by atoms with Gasteiger partial charge in [-0.05, 0) is 31.7 Å². The van der Waals surface area contributed by atoms with Crippen molar-refractivity contribution >= 4 is 11.6 Å². The van der Waals surface area contributed by atoms with Gasteiger partial charge in [0.1, 0.15) is 0 Å². The number of carbonyl (C=O) groups excluding carboxylic acids is 1. The third-order valence-electron chi connectivity index (χ3n) is 3.81. The summed E-state index contributed by atoms with van der Waals surface area (Å²) in [4.78, 5) is 24.1. The number of phenolic OH excluding ortho intramolecular Hbond substituents is 1. The van der Waals surface area contributed by atoms with Crippen LogP contribution in [0.1, 0.15) is 36.5 Å². The monoisotopic (exact) mass is 278 g/mol. The van der Waals surface area contributed by atoms with E-state index in [2.05, 4.69) is 0 Å². The van der Waals surface area contributed by atoms with E-state index in [-0.39, 0.29) is 11.5 Å². The van der Waals surface area contributed by atoms with Crippen molar-refractivity contribution in [2.24, 2.45) is 5.92 Å². The molecule has 108 valence electrons. The number of hydrogen-bond acceptors (Lipinski definition) is 4. The summed E-state index contributed by atoms with van der Waals surface area (Å²) in [5.41, 5.74) is -0.434. The molecule has 1 aliphatic carbocycles. The first-order chi connectivity index (χ1) is 9.54. The van der Waals surface area contributed by atoms with E-state index in [9.17, 15) is 20.0 Å². The highest BCUT2D eigenvalue weighted by Crippen LogP contribution is 2.31. The van der Waals surface area contributed by atoms with Crippen molar-refractivity contribution in [1.29, 1.82) is 0 Å². The van der Waals surface area contributed by atoms with Crippen LogP contribution in [-0.4, -0.2) is 33.9 Å². The molecule has 20 heavy (non-hydrogen) atoms. The molecule has 0 atom stereocenters. The van der Waals surface area contributed by atoms with Crippen LogP contribution in [0, 0.1) is 16.0 Å². The molecule has 0 spiro atoms. The molecule has 0 aliphatic heterocycles. The average Bonchev–Trinajstić information content (AvgIpc) is 2.37. The molecule has 1 aromatic carbocycles. The lowest BCUT2D eigenvalue weighted by atomic mass is 9.85. The number of hydrogen-bond donors (Lipinski definition) is 1. The molecule has 1 fully saturated rings. The molecule has 6 nitrogen and oxygen atoms in total. The summed E-state index contributed by atoms with van der Waals surface area (Å²) in [6.45, 7) is 3.04. The standard InChI is InChI=1S/C14H18N2O4/c1-2-15(9-10-5-3-6-10)14(18)11-7-4-8-12(13(11)17)16(19)20/h4,7-8,10,17H,2-3,5-6,9H2,1H3. The molecule has 0 saturated heterocycles. The smallest absolute Gasteiger partial charge is 0.311 e. The summed E-state index contributed by atoms with van der Waals surface area (Å²) >= 11 is 0. The summed E-state index contributed by atoms with van der Waals surface area (Å²) in [6, 6.07) is 4.03. The number of aromatic hydroxyl groups is 1. The van der Waals surface area contributed by atoms with Crippen molar-refractivity contribution < 1.29 is 14.8 Å². The van der Waals surface area contributed by atoms with E-state index >= 15 is 0 Å². The molecule has 6 heteroatoms. The van der Waals surface area contributed by atoms with Crippen molar-refractivity contribution in [3.8, 4) is 5.75 Å². The van der Waals surface area contributed by atoms with Crippen LogP contribution in [-0.2, 0) is 0 Å². The van der Waals surface area contributed by atoms with Crippen molar-refractivity contribution in [2.45, 2.75) is 26.2 Å². The van der Waals surface area contributed by atoms with Crippen LogP contribution in [0.4, 0.5) is 5.69 Å². The fourth-order valence-electron chi connectivity index (χ4n) is 2.36. The first kappa shape index (κ1) is 14.3. The van der Waals surface area contributed by atoms with Crippen molar-refractivity contribution in [1.82, 2.24) is 4.90 Å². The van der Waals surface area contributed by atoms with Gasteiger partial charge in [-0.25, -0.2) is 0 Å². The Hall–Kier alpha value is -2.11. The third kappa shape index (κ3) is 2.74. The molecule has 1 saturated carbocycles. The predicted molar refractivity (Wildman–Crippen MR) is 73.7 cm³/mol. The average molecular weight is 278 g/mol. The summed E-state index contributed by atoms with van der Waals surface area (Å²) in [5, 5.41) is 20.7. The highest BCUT2D eigenvalue weighted by molar-refractivity contribution is 5.98. The maximum atomic E-state index is 12.4. The van der Waals surface area contributed by atoms with Gasteiger partial charge < -0.3 is 10.0 Å². The van der Waals surface area contributed by atoms with Crippen molar-refractivity contribution in [3.63, 3.8) is 0 Å². The molecule has 0 radical (unpaired) electrons. The highest BCUT2D eigenvalue weighted by Gasteiger charge is 2.27. The largest absolute Gasteiger partial charge is 0.502 e. The Morgan fingerprint density at radius 2 is 2.20 bits per heavy atom. The first-order valence-electron chi connectivity index (χ1n) is 6.80. The lowest BCUT2D eigenvalue weighted by Crippen LogP contribution is -2.37. The first-order valence-corrected chi connectivity index (χ1v) is 6.80. The molecule has 1 amide bonds. The van der Waals surface area contributed by atoms with Crippen molar-refractivity contribution in [2.75, 3.05) is 13.1 Å². The Morgan fingerprint density at radius 3 is 2.70 bits per heavy atom. The second-order valence-electron chi connectivity index (χ2n) is 5.07. The van der Waals surface area contributed by atoms with Gasteiger partial charge in [-0.3, -0.25) is 14.9 Å². The maximum Gasteiger partial charge on any atom is 0.311 e. The Morgan fingerprint density at radius 1 is 1.50 bits per heavy atom. The van der Waals surface area contributed by atoms with Crippen LogP contribution in [0.3, 0.4) is 0 Å². The Labute approximate surface area is 117 Å². The van der Waals surface area contributed by atoms with Gasteiger partial charge in [0.2, 0.25) is 5.75 Å². The van der Waals surface area contributed by atoms with Gasteiger partial charge in [-0.2, -0.15) is 0 Å². The molecule has 1 aliphatic rings. The van der Waals surface area contributed by atoms with E-state index in [1.54, 1.807) is 4.90 Å². The zero-order valence-corrected chi connectivity index (χ0v) is 11.4. The lowest BCUT2D eigenvalue weighted by Gasteiger charge is -2.31. The number of phenols is 1. The topological polar surface area (TPSA) is 83.7 Å². The van der Waals surface area contributed by atoms with Gasteiger partial charge in [0.05, 0.1) is 10.5 Å². The molecule has 0 unspecified atom stereocenters. The van der Waals surface area contributed by atoms with Gasteiger partial charge in [-0.1, -0.05) is 12.5 Å².